The van der Waals surface area contributed by atoms with Crippen LogP contribution in [-0.2, 0) is 13.5 Å². The van der Waals surface area contributed by atoms with Crippen molar-refractivity contribution in [1.82, 2.24) is 14.5 Å². The number of hydrogen-bond donors (Lipinski definition) is 2. The minimum absolute atomic E-state index is 0.863. The van der Waals surface area contributed by atoms with Crippen molar-refractivity contribution in [3.8, 4) is 0 Å². The van der Waals surface area contributed by atoms with Gasteiger partial charge in [0, 0.05) is 56.9 Å². The van der Waals surface area contributed by atoms with Crippen molar-refractivity contribution in [2.45, 2.75) is 19.8 Å². The fraction of sp³-hybridized carbons (Fsp3) is 0.429. The van der Waals surface area contributed by atoms with Gasteiger partial charge in [-0.2, -0.15) is 0 Å². The van der Waals surface area contributed by atoms with Crippen LogP contribution >= 0.6 is 0 Å². The van der Waals surface area contributed by atoms with Crippen LogP contribution in [0.3, 0.4) is 0 Å². The molecule has 0 atom stereocenters. The van der Waals surface area contributed by atoms with E-state index in [4.69, 9.17) is 0 Å². The number of pyridine rings is 1. The molecule has 0 radical (unpaired) electrons. The molecule has 2 aromatic heterocycles. The molecule has 0 bridgehead atoms. The van der Waals surface area contributed by atoms with Crippen LogP contribution in [0.1, 0.15) is 19.2 Å². The summed E-state index contributed by atoms with van der Waals surface area (Å²) in [5.41, 5.74) is 1.09. The van der Waals surface area contributed by atoms with Gasteiger partial charge >= 0.3 is 0 Å². The molecule has 102 valence electrons. The predicted octanol–water partition coefficient (Wildman–Crippen LogP) is 2.29. The van der Waals surface area contributed by atoms with Crippen molar-refractivity contribution >= 4 is 11.5 Å². The van der Waals surface area contributed by atoms with Gasteiger partial charge < -0.3 is 15.2 Å². The molecule has 0 aromatic carbocycles. The molecule has 0 saturated heterocycles. The molecule has 2 N–H and O–H groups in total. The Morgan fingerprint density at radius 3 is 2.79 bits per heavy atom. The number of nitrogens with zero attached hydrogens (tertiary/aromatic N) is 3. The Hall–Kier alpha value is -2.04. The van der Waals surface area contributed by atoms with E-state index in [9.17, 15) is 0 Å². The van der Waals surface area contributed by atoms with Gasteiger partial charge in [0.05, 0.1) is 0 Å². The number of rotatable bonds is 7. The lowest BCUT2D eigenvalue weighted by molar-refractivity contribution is 0.789. The van der Waals surface area contributed by atoms with Gasteiger partial charge in [-0.3, -0.25) is 0 Å². The summed E-state index contributed by atoms with van der Waals surface area (Å²) in [5.74, 6) is 2.01. The maximum Gasteiger partial charge on any atom is 0.127 e. The summed E-state index contributed by atoms with van der Waals surface area (Å²) < 4.78 is 2.04. The smallest absolute Gasteiger partial charge is 0.127 e. The molecule has 0 saturated carbocycles. The molecule has 2 heterocycles. The van der Waals surface area contributed by atoms with Crippen LogP contribution in [0.15, 0.2) is 30.7 Å². The van der Waals surface area contributed by atoms with E-state index in [1.807, 2.05) is 42.3 Å². The molecule has 2 aromatic rings. The van der Waals surface area contributed by atoms with Crippen molar-refractivity contribution in [3.05, 3.63) is 36.5 Å². The first-order chi connectivity index (χ1) is 9.29. The molecular formula is C14H21N5. The van der Waals surface area contributed by atoms with Crippen molar-refractivity contribution in [3.63, 3.8) is 0 Å². The van der Waals surface area contributed by atoms with E-state index < -0.39 is 0 Å². The highest BCUT2D eigenvalue weighted by Crippen LogP contribution is 2.11. The molecule has 0 fully saturated rings. The number of anilines is 2. The average Bonchev–Trinajstić information content (AvgIpc) is 2.83. The van der Waals surface area contributed by atoms with Gasteiger partial charge in [-0.1, -0.05) is 6.92 Å². The fourth-order valence-electron chi connectivity index (χ4n) is 1.85. The predicted molar refractivity (Wildman–Crippen MR) is 78.4 cm³/mol. The molecule has 5 nitrogen and oxygen atoms in total. The highest BCUT2D eigenvalue weighted by Gasteiger charge is 2.00. The van der Waals surface area contributed by atoms with Crippen molar-refractivity contribution in [1.29, 1.82) is 0 Å². The Morgan fingerprint density at radius 1 is 1.16 bits per heavy atom. The molecule has 19 heavy (non-hydrogen) atoms. The molecule has 5 heteroatoms. The van der Waals surface area contributed by atoms with Gasteiger partial charge in [-0.05, 0) is 12.5 Å². The first-order valence-corrected chi connectivity index (χ1v) is 6.69. The van der Waals surface area contributed by atoms with Crippen LogP contribution in [0.4, 0.5) is 11.5 Å². The monoisotopic (exact) mass is 259 g/mol. The Morgan fingerprint density at radius 2 is 2.05 bits per heavy atom. The second kappa shape index (κ2) is 6.78. The van der Waals surface area contributed by atoms with Crippen LogP contribution < -0.4 is 10.6 Å². The van der Waals surface area contributed by atoms with Crippen LogP contribution in [0.25, 0.3) is 0 Å². The largest absolute Gasteiger partial charge is 0.384 e. The van der Waals surface area contributed by atoms with Crippen LogP contribution in [0.2, 0.25) is 0 Å². The number of aryl methyl sites for hydroxylation is 1. The number of imidazole rings is 1. The number of aromatic nitrogens is 3. The van der Waals surface area contributed by atoms with Crippen LogP contribution in [0, 0.1) is 0 Å². The second-order valence-electron chi connectivity index (χ2n) is 4.49. The second-order valence-corrected chi connectivity index (χ2v) is 4.49. The summed E-state index contributed by atoms with van der Waals surface area (Å²) in [7, 11) is 2.02. The van der Waals surface area contributed by atoms with Gasteiger partial charge in [0.15, 0.2) is 0 Å². The van der Waals surface area contributed by atoms with E-state index >= 15 is 0 Å². The molecule has 2 rings (SSSR count). The lowest BCUT2D eigenvalue weighted by atomic mass is 10.3. The first-order valence-electron chi connectivity index (χ1n) is 6.69. The Bertz CT molecular complexity index is 506. The quantitative estimate of drug-likeness (QED) is 0.801. The SMILES string of the molecule is CCCNc1cc(NCCc2nccn2C)ccn1. The number of hydrogen-bond acceptors (Lipinski definition) is 4. The van der Waals surface area contributed by atoms with E-state index in [1.54, 1.807) is 0 Å². The summed E-state index contributed by atoms with van der Waals surface area (Å²) >= 11 is 0. The van der Waals surface area contributed by atoms with Crippen LogP contribution in [0.5, 0.6) is 0 Å². The normalized spacial score (nSPS) is 10.4. The van der Waals surface area contributed by atoms with E-state index in [1.165, 1.54) is 0 Å². The third-order valence-electron chi connectivity index (χ3n) is 2.91. The Labute approximate surface area is 114 Å². The highest BCUT2D eigenvalue weighted by atomic mass is 15.0. The van der Waals surface area contributed by atoms with Gasteiger partial charge in [-0.15, -0.1) is 0 Å². The Kier molecular flexibility index (Phi) is 4.78. The first kappa shape index (κ1) is 13.4. The third kappa shape index (κ3) is 3.98. The number of nitrogens with one attached hydrogen (secondary N) is 2. The molecule has 0 aliphatic rings. The highest BCUT2D eigenvalue weighted by molar-refractivity contribution is 5.51. The van der Waals surface area contributed by atoms with Crippen molar-refractivity contribution in [2.75, 3.05) is 23.7 Å². The zero-order valence-electron chi connectivity index (χ0n) is 11.6. The van der Waals surface area contributed by atoms with Gasteiger partial charge in [-0.25, -0.2) is 9.97 Å². The van der Waals surface area contributed by atoms with E-state index in [0.29, 0.717) is 0 Å². The molecule has 0 aliphatic carbocycles. The minimum atomic E-state index is 0.863. The zero-order valence-corrected chi connectivity index (χ0v) is 11.6. The lowest BCUT2D eigenvalue weighted by Crippen LogP contribution is -2.09. The molecular weight excluding hydrogens is 238 g/mol. The summed E-state index contributed by atoms with van der Waals surface area (Å²) in [6, 6.07) is 4.02. The Balaban J connectivity index is 1.84. The van der Waals surface area contributed by atoms with E-state index in [2.05, 4.69) is 27.5 Å². The third-order valence-corrected chi connectivity index (χ3v) is 2.91. The fourth-order valence-corrected chi connectivity index (χ4v) is 1.85. The summed E-state index contributed by atoms with van der Waals surface area (Å²) in [6.07, 6.45) is 7.62. The lowest BCUT2D eigenvalue weighted by Gasteiger charge is -2.09. The van der Waals surface area contributed by atoms with Gasteiger partial charge in [0.2, 0.25) is 0 Å². The molecule has 0 aliphatic heterocycles. The summed E-state index contributed by atoms with van der Waals surface area (Å²) in [4.78, 5) is 8.58. The zero-order chi connectivity index (χ0) is 13.5. The maximum atomic E-state index is 4.30. The standard InChI is InChI=1S/C14H21N5/c1-3-6-16-13-11-12(4-7-17-13)15-8-5-14-18-9-10-19(14)2/h4,7,9-11H,3,5-6,8H2,1-2H3,(H2,15,16,17). The summed E-state index contributed by atoms with van der Waals surface area (Å²) in [6.45, 7) is 3.95. The van der Waals surface area contributed by atoms with Crippen molar-refractivity contribution in [2.24, 2.45) is 7.05 Å². The molecule has 0 spiro atoms. The van der Waals surface area contributed by atoms with E-state index in [-0.39, 0.29) is 0 Å². The summed E-state index contributed by atoms with van der Waals surface area (Å²) in [5, 5.41) is 6.67. The van der Waals surface area contributed by atoms with Crippen LogP contribution in [-0.4, -0.2) is 27.6 Å². The van der Waals surface area contributed by atoms with Gasteiger partial charge in [0.1, 0.15) is 11.6 Å². The van der Waals surface area contributed by atoms with Crippen molar-refractivity contribution < 1.29 is 0 Å². The van der Waals surface area contributed by atoms with Gasteiger partial charge in [0.25, 0.3) is 0 Å². The minimum Gasteiger partial charge on any atom is -0.384 e. The topological polar surface area (TPSA) is 54.8 Å². The maximum absolute atomic E-state index is 4.30. The average molecular weight is 259 g/mol. The molecule has 0 unspecified atom stereocenters. The molecule has 0 amide bonds. The van der Waals surface area contributed by atoms with E-state index in [0.717, 1.165) is 43.3 Å².